The second-order valence-electron chi connectivity index (χ2n) is 24.9. The normalized spacial score (nSPS) is 38.1. The maximum atomic E-state index is 15.4. The molecule has 20 atom stereocenters. The third-order valence-electron chi connectivity index (χ3n) is 18.3. The number of nitrogens with zero attached hydrogens (tertiary/aromatic N) is 3. The fourth-order valence-corrected chi connectivity index (χ4v) is 12.8. The number of anilines is 2. The first-order valence-electron chi connectivity index (χ1n) is 29.8. The number of urea groups is 1. The van der Waals surface area contributed by atoms with Crippen LogP contribution in [0.1, 0.15) is 129 Å². The Kier molecular flexibility index (Phi) is 26.2. The Morgan fingerprint density at radius 3 is 2.10 bits per heavy atom. The molecular formula is C59H97AcFN6O17. The zero-order valence-corrected chi connectivity index (χ0v) is 56.6. The minimum Gasteiger partial charge on any atom is -0.459 e. The number of benzene rings is 1. The van der Waals surface area contributed by atoms with Crippen molar-refractivity contribution in [3.05, 3.63) is 24.0 Å². The average Bonchev–Trinajstić information content (AvgIpc) is 2.12. The predicted octanol–water partition coefficient (Wildman–Crippen LogP) is 5.20. The maximum absolute atomic E-state index is 15.4. The molecule has 0 saturated carbocycles. The van der Waals surface area contributed by atoms with Gasteiger partial charge in [-0.2, -0.15) is 0 Å². The first-order valence-corrected chi connectivity index (χ1v) is 29.8. The number of alkyl carbamates (subject to hydrolysis) is 1. The number of esters is 1. The molecule has 5 aliphatic heterocycles. The number of cyclic esters (lactones) is 2. The van der Waals surface area contributed by atoms with Crippen LogP contribution in [-0.2, 0) is 47.5 Å². The molecule has 5 amide bonds. The third-order valence-corrected chi connectivity index (χ3v) is 18.3. The Morgan fingerprint density at radius 2 is 1.48 bits per heavy atom. The van der Waals surface area contributed by atoms with Crippen LogP contribution in [0.25, 0.3) is 0 Å². The van der Waals surface area contributed by atoms with Crippen molar-refractivity contribution in [2.45, 2.75) is 213 Å². The van der Waals surface area contributed by atoms with E-state index in [1.54, 1.807) is 58.6 Å². The van der Waals surface area contributed by atoms with Gasteiger partial charge in [-0.3, -0.25) is 14.5 Å². The van der Waals surface area contributed by atoms with E-state index in [-0.39, 0.29) is 119 Å². The number of carbonyl (C=O) groups excluding carboxylic acids is 5. The van der Waals surface area contributed by atoms with Crippen molar-refractivity contribution in [3.63, 3.8) is 0 Å². The molecule has 0 spiro atoms. The number of unbranched alkanes of at least 4 members (excludes halogenated alkanes) is 1. The summed E-state index contributed by atoms with van der Waals surface area (Å²) in [7, 11) is 1.48. The van der Waals surface area contributed by atoms with Crippen molar-refractivity contribution in [2.24, 2.45) is 35.5 Å². The van der Waals surface area contributed by atoms with Crippen LogP contribution in [0, 0.1) is 85.4 Å². The van der Waals surface area contributed by atoms with Gasteiger partial charge in [0.2, 0.25) is 5.91 Å². The molecule has 84 heavy (non-hydrogen) atoms. The zero-order chi connectivity index (χ0) is 61.5. The molecule has 1 radical (unpaired) electrons. The Morgan fingerprint density at radius 1 is 0.821 bits per heavy atom. The van der Waals surface area contributed by atoms with Gasteiger partial charge in [0, 0.05) is 110 Å². The Labute approximate surface area is 531 Å². The number of methoxy groups -OCH3 is 1. The second kappa shape index (κ2) is 30.8. The summed E-state index contributed by atoms with van der Waals surface area (Å²) in [6.07, 6.45) is -9.78. The number of hydrogen-bond acceptors (Lipinski definition) is 18. The van der Waals surface area contributed by atoms with Crippen LogP contribution in [0.2, 0.25) is 0 Å². The molecular weight excluding hydrogens is 1310 g/mol. The van der Waals surface area contributed by atoms with Gasteiger partial charge in [-0.05, 0) is 116 Å². The van der Waals surface area contributed by atoms with E-state index in [0.29, 0.717) is 63.4 Å². The van der Waals surface area contributed by atoms with Gasteiger partial charge in [0.25, 0.3) is 0 Å². The van der Waals surface area contributed by atoms with Gasteiger partial charge in [0.1, 0.15) is 35.3 Å². The van der Waals surface area contributed by atoms with Gasteiger partial charge >= 0.3 is 24.2 Å². The van der Waals surface area contributed by atoms with Crippen LogP contribution >= 0.6 is 0 Å². The standard InChI is InChI=1S/C59H97FN6O17.Ac/c1-15-45-59(13,75)49(69)36(6)35(5)33(3)28-57(11,74)50(82-53-47(68)32(2)26-34(4)77-53)37(7)48(38(8)52(70)80-45)81-46-29-58(12,76-14)51(39(9)78-46)83-55(72)62-21-17-16-20-61-54(71)65-24-22-64(23-25-65)44-19-18-41(27-43(44)60)66-31-42(79-56(66)73)30-63-40(10)67;/h18-19,27,32-39,42,45-51,53,68-69,74-75H,15-17,20-26,28-31H2,1-14H3,(H,61,71)(H,62,72)(H,63,67);/t32?,33-,34?,35+,36+,37+,38-,39?,42+,45-,46?,47?,48+,49-,50-,51?,53?,57-,58?,59-;/m1./s1. The zero-order valence-electron chi connectivity index (χ0n) is 51.8. The van der Waals surface area contributed by atoms with E-state index < -0.39 is 120 Å². The van der Waals surface area contributed by atoms with Crippen LogP contribution in [0.4, 0.5) is 30.1 Å². The summed E-state index contributed by atoms with van der Waals surface area (Å²) in [4.78, 5) is 69.5. The van der Waals surface area contributed by atoms with Crippen molar-refractivity contribution in [1.82, 2.24) is 20.9 Å². The van der Waals surface area contributed by atoms with Crippen LogP contribution in [0.5, 0.6) is 0 Å². The summed E-state index contributed by atoms with van der Waals surface area (Å²) in [5, 5.41) is 56.1. The van der Waals surface area contributed by atoms with Gasteiger partial charge in [-0.1, -0.05) is 41.5 Å². The Hall–Kier alpha value is -3.22. The van der Waals surface area contributed by atoms with Crippen LogP contribution in [-0.4, -0.2) is 199 Å². The van der Waals surface area contributed by atoms with Crippen molar-refractivity contribution < 1.29 is 131 Å². The molecule has 5 fully saturated rings. The largest absolute Gasteiger partial charge is 0.459 e. The van der Waals surface area contributed by atoms with Gasteiger partial charge in [-0.15, -0.1) is 0 Å². The molecule has 0 aliphatic carbocycles. The van der Waals surface area contributed by atoms with E-state index >= 15 is 4.39 Å². The fraction of sp³-hybridized carbons (Fsp3) is 0.814. The Bertz CT molecular complexity index is 2350. The van der Waals surface area contributed by atoms with Gasteiger partial charge in [0.15, 0.2) is 18.7 Å². The Balaban J connectivity index is 0.0000129. The number of nitrogens with one attached hydrogen (secondary N) is 3. The van der Waals surface area contributed by atoms with E-state index in [4.69, 9.17) is 37.9 Å². The number of amides is 5. The van der Waals surface area contributed by atoms with Crippen molar-refractivity contribution in [1.29, 1.82) is 0 Å². The van der Waals surface area contributed by atoms with E-state index in [0.717, 1.165) is 0 Å². The monoisotopic (exact) mass is 1410 g/mol. The van der Waals surface area contributed by atoms with E-state index in [1.807, 2.05) is 39.5 Å². The van der Waals surface area contributed by atoms with Crippen molar-refractivity contribution >= 4 is 41.5 Å². The van der Waals surface area contributed by atoms with Crippen molar-refractivity contribution in [3.8, 4) is 0 Å². The number of rotatable bonds is 16. The molecule has 1 aromatic rings. The molecule has 0 aromatic heterocycles. The fourth-order valence-electron chi connectivity index (χ4n) is 12.8. The molecule has 7 N–H and O–H groups in total. The minimum atomic E-state index is -1.84. The smallest absolute Gasteiger partial charge is 0.414 e. The number of ether oxygens (including phenoxy) is 8. The molecule has 1 aromatic carbocycles. The van der Waals surface area contributed by atoms with E-state index in [9.17, 15) is 44.4 Å². The van der Waals surface area contributed by atoms with Gasteiger partial charge in [-0.25, -0.2) is 18.8 Å². The predicted molar refractivity (Wildman–Crippen MR) is 303 cm³/mol. The molecule has 8 unspecified atom stereocenters. The van der Waals surface area contributed by atoms with Gasteiger partial charge < -0.3 is 84.1 Å². The number of aliphatic hydroxyl groups excluding tert-OH is 2. The summed E-state index contributed by atoms with van der Waals surface area (Å²) < 4.78 is 65.2. The third kappa shape index (κ3) is 17.6. The quantitative estimate of drug-likeness (QED) is 0.0636. The number of aliphatic hydroxyl groups is 4. The summed E-state index contributed by atoms with van der Waals surface area (Å²) >= 11 is 0. The summed E-state index contributed by atoms with van der Waals surface area (Å²) in [6.45, 7) is 25.0. The molecule has 0 bridgehead atoms. The first-order chi connectivity index (χ1) is 38.9. The summed E-state index contributed by atoms with van der Waals surface area (Å²) in [5.74, 6) is -4.58. The number of piperazine rings is 1. The molecule has 5 heterocycles. The molecule has 5 aliphatic rings. The number of hydrogen-bond donors (Lipinski definition) is 7. The minimum absolute atomic E-state index is 0. The van der Waals surface area contributed by atoms with E-state index in [2.05, 4.69) is 16.0 Å². The first kappa shape index (κ1) is 71.5. The molecule has 23 nitrogen and oxygen atoms in total. The van der Waals surface area contributed by atoms with Crippen molar-refractivity contribution in [2.75, 3.05) is 69.3 Å². The average molecular weight is 1410 g/mol. The molecule has 25 heteroatoms. The van der Waals surface area contributed by atoms with E-state index in [1.165, 1.54) is 31.9 Å². The SMILES string of the molecule is CC[C@H]1OC(=O)[C@H](C)[C@@H](OC2CC(C)(OC)C(OC(=O)NCCCCNC(=O)N3CCN(c4ccc(N5C[C@H](CNC(C)=O)OC5=O)cc4F)CC3)C(C)O2)[C@H](C)[C@@H](OC2OC(C)CC(C)C2O)[C@](C)(O)C[C@@H](C)[C@H](C)[C@H](C)[C@@H](O)[C@]1(C)O.[Ac]. The second-order valence-corrected chi connectivity index (χ2v) is 24.9. The summed E-state index contributed by atoms with van der Waals surface area (Å²) in [6, 6.07) is 4.26. The molecule has 475 valence electrons. The number of carbonyl (C=O) groups is 5. The molecule has 5 saturated heterocycles. The van der Waals surface area contributed by atoms with Crippen LogP contribution < -0.4 is 25.8 Å². The van der Waals surface area contributed by atoms with Crippen LogP contribution in [0.3, 0.4) is 0 Å². The van der Waals surface area contributed by atoms with Crippen LogP contribution in [0.15, 0.2) is 18.2 Å². The topological polar surface area (TPSA) is 286 Å². The summed E-state index contributed by atoms with van der Waals surface area (Å²) in [5.41, 5.74) is -3.99. The molecule has 6 rings (SSSR count). The maximum Gasteiger partial charge on any atom is 0.414 e. The number of halogens is 1. The van der Waals surface area contributed by atoms with Gasteiger partial charge in [0.05, 0.1) is 66.5 Å².